The van der Waals surface area contributed by atoms with Gasteiger partial charge in [-0.05, 0) is 57.9 Å². The van der Waals surface area contributed by atoms with Crippen LogP contribution in [0.5, 0.6) is 5.75 Å². The zero-order valence-electron chi connectivity index (χ0n) is 22.2. The van der Waals surface area contributed by atoms with Gasteiger partial charge in [-0.15, -0.1) is 5.10 Å². The fraction of sp³-hybridized carbons (Fsp3) is 0.393. The number of hydrogen-bond acceptors (Lipinski definition) is 7. The van der Waals surface area contributed by atoms with Crippen LogP contribution in [0, 0.1) is 6.92 Å². The van der Waals surface area contributed by atoms with Crippen LogP contribution in [0.1, 0.15) is 54.4 Å². The minimum atomic E-state index is -2.67. The van der Waals surface area contributed by atoms with Crippen molar-refractivity contribution in [2.45, 2.75) is 53.3 Å². The quantitative estimate of drug-likeness (QED) is 0.139. The van der Waals surface area contributed by atoms with Crippen LogP contribution in [0.2, 0.25) is 6.04 Å². The molecule has 3 rings (SSSR count). The minimum absolute atomic E-state index is 0.120. The summed E-state index contributed by atoms with van der Waals surface area (Å²) in [7, 11) is -2.67. The minimum Gasteiger partial charge on any atom is -0.486 e. The number of aryl methyl sites for hydroxylation is 2. The van der Waals surface area contributed by atoms with Crippen LogP contribution in [-0.2, 0) is 26.4 Å². The van der Waals surface area contributed by atoms with E-state index in [-0.39, 0.29) is 12.4 Å². The molecule has 0 fully saturated rings. The highest BCUT2D eigenvalue weighted by atomic mass is 28.4. The molecule has 1 aromatic heterocycles. The summed E-state index contributed by atoms with van der Waals surface area (Å²) in [6.45, 7) is 10.4. The van der Waals surface area contributed by atoms with E-state index in [0.29, 0.717) is 49.4 Å². The van der Waals surface area contributed by atoms with Gasteiger partial charge in [0.25, 0.3) is 0 Å². The smallest absolute Gasteiger partial charge is 0.486 e. The van der Waals surface area contributed by atoms with Crippen molar-refractivity contribution < 1.29 is 22.8 Å². The summed E-state index contributed by atoms with van der Waals surface area (Å²) in [5.74, 6) is 0.391. The Hall–Kier alpha value is -3.11. The Morgan fingerprint density at radius 2 is 1.65 bits per heavy atom. The number of carbonyl (C=O) groups is 1. The third-order valence-electron chi connectivity index (χ3n) is 5.58. The molecule has 0 saturated carbocycles. The Morgan fingerprint density at radius 3 is 2.32 bits per heavy atom. The fourth-order valence-electron chi connectivity index (χ4n) is 3.86. The van der Waals surface area contributed by atoms with E-state index in [2.05, 4.69) is 10.3 Å². The summed E-state index contributed by atoms with van der Waals surface area (Å²) in [6.07, 6.45) is 6.02. The number of nitrogens with zero attached hydrogens (tertiary/aromatic N) is 3. The second-order valence-electron chi connectivity index (χ2n) is 8.45. The first-order valence-corrected chi connectivity index (χ1v) is 14.7. The first-order chi connectivity index (χ1) is 18.0. The summed E-state index contributed by atoms with van der Waals surface area (Å²) in [5.41, 5.74) is 3.33. The van der Waals surface area contributed by atoms with Gasteiger partial charge in [-0.1, -0.05) is 53.3 Å². The standard InChI is InChI=1S/C28H37N3O5Si/c1-5-34-37(35-6-2,36-7-3)20-10-19-31-21-25(29-30-31)22-33-28-12-9-8-11-26(28)27(32)18-17-24-15-13-23(4)14-16-24/h8-9,11-18,21H,5-7,10,19-20,22H2,1-4H3/b18-17+. The summed E-state index contributed by atoms with van der Waals surface area (Å²) < 4.78 is 25.5. The van der Waals surface area contributed by atoms with E-state index in [1.54, 1.807) is 22.9 Å². The molecule has 0 spiro atoms. The molecule has 0 N–H and O–H groups in total. The van der Waals surface area contributed by atoms with Crippen LogP contribution in [0.4, 0.5) is 0 Å². The molecule has 0 amide bonds. The third kappa shape index (κ3) is 8.75. The van der Waals surface area contributed by atoms with Crippen molar-refractivity contribution in [1.29, 1.82) is 0 Å². The van der Waals surface area contributed by atoms with Gasteiger partial charge in [0.1, 0.15) is 18.1 Å². The Morgan fingerprint density at radius 1 is 0.973 bits per heavy atom. The molecular formula is C28H37N3O5Si. The molecule has 0 saturated heterocycles. The molecule has 0 radical (unpaired) electrons. The number of ketones is 1. The lowest BCUT2D eigenvalue weighted by Crippen LogP contribution is -2.46. The molecule has 0 bridgehead atoms. The molecule has 0 aliphatic carbocycles. The van der Waals surface area contributed by atoms with Crippen LogP contribution in [0.15, 0.2) is 60.8 Å². The van der Waals surface area contributed by atoms with Crippen molar-refractivity contribution in [3.8, 4) is 5.75 Å². The number of carbonyl (C=O) groups excluding carboxylic acids is 1. The Labute approximate surface area is 220 Å². The topological polar surface area (TPSA) is 84.7 Å². The first kappa shape index (κ1) is 28.5. The predicted molar refractivity (Wildman–Crippen MR) is 145 cm³/mol. The molecule has 198 valence electrons. The highest BCUT2D eigenvalue weighted by Crippen LogP contribution is 2.21. The van der Waals surface area contributed by atoms with Crippen molar-refractivity contribution in [1.82, 2.24) is 15.0 Å². The maximum absolute atomic E-state index is 12.8. The number of para-hydroxylation sites is 1. The molecule has 0 aliphatic rings. The van der Waals surface area contributed by atoms with Crippen LogP contribution in [-0.4, -0.2) is 49.4 Å². The van der Waals surface area contributed by atoms with E-state index in [9.17, 15) is 4.79 Å². The lowest BCUT2D eigenvalue weighted by atomic mass is 10.1. The molecule has 0 unspecified atom stereocenters. The van der Waals surface area contributed by atoms with Crippen molar-refractivity contribution in [2.75, 3.05) is 19.8 Å². The Bertz CT molecular complexity index is 1130. The molecule has 3 aromatic rings. The summed E-state index contributed by atoms with van der Waals surface area (Å²) >= 11 is 0. The lowest BCUT2D eigenvalue weighted by Gasteiger charge is -2.28. The fourth-order valence-corrected chi connectivity index (χ4v) is 6.45. The van der Waals surface area contributed by atoms with Gasteiger partial charge in [-0.25, -0.2) is 0 Å². The second kappa shape index (κ2) is 14.6. The van der Waals surface area contributed by atoms with Crippen LogP contribution in [0.3, 0.4) is 0 Å². The van der Waals surface area contributed by atoms with E-state index < -0.39 is 8.80 Å². The maximum Gasteiger partial charge on any atom is 0.500 e. The molecule has 2 aromatic carbocycles. The van der Waals surface area contributed by atoms with Crippen LogP contribution >= 0.6 is 0 Å². The third-order valence-corrected chi connectivity index (χ3v) is 8.73. The lowest BCUT2D eigenvalue weighted by molar-refractivity contribution is 0.0704. The summed E-state index contributed by atoms with van der Waals surface area (Å²) in [4.78, 5) is 12.8. The van der Waals surface area contributed by atoms with Gasteiger partial charge >= 0.3 is 8.80 Å². The Kier molecular flexibility index (Phi) is 11.2. The monoisotopic (exact) mass is 523 g/mol. The number of benzene rings is 2. The van der Waals surface area contributed by atoms with Gasteiger partial charge in [0.2, 0.25) is 0 Å². The van der Waals surface area contributed by atoms with E-state index in [4.69, 9.17) is 18.0 Å². The Balaban J connectivity index is 1.56. The average Bonchev–Trinajstić information content (AvgIpc) is 3.35. The number of hydrogen-bond donors (Lipinski definition) is 0. The first-order valence-electron chi connectivity index (χ1n) is 12.8. The number of rotatable bonds is 16. The van der Waals surface area contributed by atoms with E-state index >= 15 is 0 Å². The molecule has 8 nitrogen and oxygen atoms in total. The van der Waals surface area contributed by atoms with Gasteiger partial charge in [0.05, 0.1) is 11.8 Å². The van der Waals surface area contributed by atoms with E-state index in [0.717, 1.165) is 12.0 Å². The van der Waals surface area contributed by atoms with Gasteiger partial charge in [0.15, 0.2) is 5.78 Å². The largest absolute Gasteiger partial charge is 0.500 e. The normalized spacial score (nSPS) is 11.8. The van der Waals surface area contributed by atoms with Crippen LogP contribution < -0.4 is 4.74 Å². The molecule has 37 heavy (non-hydrogen) atoms. The molecule has 0 aliphatic heterocycles. The zero-order valence-corrected chi connectivity index (χ0v) is 23.2. The van der Waals surface area contributed by atoms with Crippen LogP contribution in [0.25, 0.3) is 6.08 Å². The SMILES string of the molecule is CCO[Si](CCCn1cc(COc2ccccc2C(=O)/C=C/c2ccc(C)cc2)nn1)(OCC)OCC. The number of allylic oxidation sites excluding steroid dienone is 1. The molecular weight excluding hydrogens is 486 g/mol. The molecule has 9 heteroatoms. The van der Waals surface area contributed by atoms with Gasteiger partial charge in [-0.3, -0.25) is 9.48 Å². The molecule has 0 atom stereocenters. The number of aromatic nitrogens is 3. The zero-order chi connectivity index (χ0) is 26.5. The van der Waals surface area contributed by atoms with Crippen molar-refractivity contribution in [3.63, 3.8) is 0 Å². The summed E-state index contributed by atoms with van der Waals surface area (Å²) in [5, 5.41) is 8.43. The maximum atomic E-state index is 12.8. The number of ether oxygens (including phenoxy) is 1. The molecule has 1 heterocycles. The average molecular weight is 524 g/mol. The highest BCUT2D eigenvalue weighted by Gasteiger charge is 2.39. The van der Waals surface area contributed by atoms with Gasteiger partial charge < -0.3 is 18.0 Å². The summed E-state index contributed by atoms with van der Waals surface area (Å²) in [6, 6.07) is 15.9. The van der Waals surface area contributed by atoms with Crippen molar-refractivity contribution in [3.05, 3.63) is 83.2 Å². The van der Waals surface area contributed by atoms with Crippen molar-refractivity contribution in [2.24, 2.45) is 0 Å². The highest BCUT2D eigenvalue weighted by molar-refractivity contribution is 6.60. The second-order valence-corrected chi connectivity index (χ2v) is 11.2. The van der Waals surface area contributed by atoms with Crippen molar-refractivity contribution >= 4 is 20.7 Å². The van der Waals surface area contributed by atoms with E-state index in [1.165, 1.54) is 5.56 Å². The van der Waals surface area contributed by atoms with Gasteiger partial charge in [0, 0.05) is 32.4 Å². The van der Waals surface area contributed by atoms with Gasteiger partial charge in [-0.2, -0.15) is 0 Å². The predicted octanol–water partition coefficient (Wildman–Crippen LogP) is 5.50. The van der Waals surface area contributed by atoms with E-state index in [1.807, 2.05) is 76.4 Å².